The van der Waals surface area contributed by atoms with E-state index in [1.807, 2.05) is 51.2 Å². The summed E-state index contributed by atoms with van der Waals surface area (Å²) >= 11 is 0. The van der Waals surface area contributed by atoms with Gasteiger partial charge in [-0.05, 0) is 107 Å². The Balaban J connectivity index is 1.66. The Kier molecular flexibility index (Phi) is 26.4. The number of aliphatic hydroxyl groups is 3. The molecule has 3 heterocycles. The summed E-state index contributed by atoms with van der Waals surface area (Å²) in [6.45, 7) is 14.1. The number of aliphatic hydroxyl groups excluding tert-OH is 2. The van der Waals surface area contributed by atoms with Crippen LogP contribution in [0.2, 0.25) is 0 Å². The molecule has 3 N–H and O–H groups in total. The van der Waals surface area contributed by atoms with Crippen LogP contribution in [0.5, 0.6) is 0 Å². The van der Waals surface area contributed by atoms with Gasteiger partial charge in [0.1, 0.15) is 30.1 Å². The number of Topliss-reactive ketones (excluding diaryl/α,β-unsaturated/α-hetero) is 3. The number of esters is 1. The summed E-state index contributed by atoms with van der Waals surface area (Å²) in [6.07, 6.45) is 10.3. The van der Waals surface area contributed by atoms with Gasteiger partial charge < -0.3 is 57.7 Å². The van der Waals surface area contributed by atoms with E-state index in [2.05, 4.69) is 0 Å². The van der Waals surface area contributed by atoms with Crippen molar-refractivity contribution in [2.24, 2.45) is 35.5 Å². The topological polar surface area (TPSA) is 240 Å². The first kappa shape index (κ1) is 64.3. The molecule has 1 amide bonds. The molecule has 2 bridgehead atoms. The summed E-state index contributed by atoms with van der Waals surface area (Å²) in [6, 6.07) is -1.19. The number of carbonyl (C=O) groups is 5. The van der Waals surface area contributed by atoms with Crippen LogP contribution in [0.3, 0.4) is 0 Å². The third-order valence-electron chi connectivity index (χ3n) is 15.6. The van der Waals surface area contributed by atoms with Gasteiger partial charge in [0.2, 0.25) is 5.79 Å². The number of nitrogens with zero attached hydrogens (tertiary/aromatic N) is 1. The number of methoxy groups -OCH3 is 3. The summed E-state index contributed by atoms with van der Waals surface area (Å²) in [7, 11) is 0.977. The second kappa shape index (κ2) is 30.8. The fourth-order valence-corrected chi connectivity index (χ4v) is 12.1. The van der Waals surface area contributed by atoms with E-state index in [-0.39, 0.29) is 69.2 Å². The van der Waals surface area contributed by atoms with Crippen molar-refractivity contribution < 1.29 is 81.3 Å². The Morgan fingerprint density at radius 2 is 1.59 bits per heavy atom. The summed E-state index contributed by atoms with van der Waals surface area (Å²) in [5.74, 6) is -8.47. The Bertz CT molecular complexity index is 2060. The number of ketones is 3. The average Bonchev–Trinajstić information content (AvgIpc) is 3.37. The van der Waals surface area contributed by atoms with Gasteiger partial charge in [-0.25, -0.2) is 4.79 Å². The highest BCUT2D eigenvalue weighted by molar-refractivity contribution is 7.53. The summed E-state index contributed by atoms with van der Waals surface area (Å²) in [4.78, 5) is 72.6. The predicted octanol–water partition coefficient (Wildman–Crippen LogP) is 7.05. The smallest absolute Gasteiger partial charge is 0.329 e. The van der Waals surface area contributed by atoms with Crippen LogP contribution in [0.1, 0.15) is 126 Å². The van der Waals surface area contributed by atoms with Crippen molar-refractivity contribution in [1.29, 1.82) is 0 Å². The van der Waals surface area contributed by atoms with Crippen LogP contribution in [0.4, 0.5) is 0 Å². The highest BCUT2D eigenvalue weighted by atomic mass is 31.2. The summed E-state index contributed by atoms with van der Waals surface area (Å²) < 4.78 is 59.8. The average molecular weight is 1080 g/mol. The molecule has 2 saturated heterocycles. The van der Waals surface area contributed by atoms with Gasteiger partial charge in [0.25, 0.3) is 11.7 Å². The van der Waals surface area contributed by atoms with Gasteiger partial charge in [0.05, 0.1) is 50.8 Å². The van der Waals surface area contributed by atoms with E-state index in [1.54, 1.807) is 48.0 Å². The van der Waals surface area contributed by atoms with Crippen molar-refractivity contribution in [1.82, 2.24) is 4.90 Å². The largest absolute Gasteiger partial charge is 0.460 e. The number of hydrogen-bond donors (Lipinski definition) is 3. The first-order valence-corrected chi connectivity index (χ1v) is 29.1. The molecule has 0 aromatic carbocycles. The molecule has 0 spiro atoms. The van der Waals surface area contributed by atoms with E-state index in [9.17, 15) is 38.8 Å². The molecule has 0 aromatic rings. The zero-order valence-corrected chi connectivity index (χ0v) is 47.4. The van der Waals surface area contributed by atoms with Crippen LogP contribution in [0.25, 0.3) is 0 Å². The number of fused-ring (bicyclic) bond motifs is 3. The molecule has 0 aromatic heterocycles. The van der Waals surface area contributed by atoms with Crippen molar-refractivity contribution in [3.63, 3.8) is 0 Å². The van der Waals surface area contributed by atoms with Gasteiger partial charge >= 0.3 is 13.6 Å². The maximum Gasteiger partial charge on any atom is 0.329 e. The van der Waals surface area contributed by atoms with Gasteiger partial charge in [-0.15, -0.1) is 0 Å². The molecule has 3 aliphatic heterocycles. The van der Waals surface area contributed by atoms with E-state index < -0.39 is 103 Å². The highest BCUT2D eigenvalue weighted by Gasteiger charge is 2.53. The molecule has 16 atom stereocenters. The minimum Gasteiger partial charge on any atom is -0.460 e. The summed E-state index contributed by atoms with van der Waals surface area (Å²) in [5.41, 5.74) is 1.22. The maximum atomic E-state index is 14.6. The molecule has 18 nitrogen and oxygen atoms in total. The van der Waals surface area contributed by atoms with Crippen LogP contribution in [0, 0.1) is 35.5 Å². The molecule has 3 fully saturated rings. The number of piperidine rings is 1. The number of allylic oxidation sites excluding steroid dienone is 6. The zero-order valence-electron chi connectivity index (χ0n) is 46.5. The molecule has 0 radical (unpaired) electrons. The zero-order chi connectivity index (χ0) is 55.6. The lowest BCUT2D eigenvalue weighted by Crippen LogP contribution is -2.61. The van der Waals surface area contributed by atoms with Crippen LogP contribution < -0.4 is 0 Å². The van der Waals surface area contributed by atoms with Crippen molar-refractivity contribution in [3.8, 4) is 0 Å². The fraction of sp³-hybridized carbons (Fsp3) is 0.768. The molecule has 75 heavy (non-hydrogen) atoms. The van der Waals surface area contributed by atoms with Gasteiger partial charge in [0, 0.05) is 65.1 Å². The number of ether oxygens (including phenoxy) is 6. The van der Waals surface area contributed by atoms with Crippen LogP contribution >= 0.6 is 7.60 Å². The van der Waals surface area contributed by atoms with Crippen LogP contribution in [-0.4, -0.2) is 165 Å². The Morgan fingerprint density at radius 3 is 2.27 bits per heavy atom. The molecular formula is C56H90NO17P. The normalized spacial score (nSPS) is 36.4. The van der Waals surface area contributed by atoms with E-state index in [0.29, 0.717) is 69.8 Å². The molecule has 4 rings (SSSR count). The lowest BCUT2D eigenvalue weighted by molar-refractivity contribution is -0.265. The molecule has 1 saturated carbocycles. The van der Waals surface area contributed by atoms with Crippen molar-refractivity contribution in [2.45, 2.75) is 180 Å². The SMILES string of the molecule is CO[C@H]1C[C@@H]2CC[C@@H](C)[C@@](O)(O2)C(=O)C(=O)N2CCCC[C@H]2C(=O)OC([C@H](C)CC2CC[C@@H](OP(C)(=O)OCCOCCO)[C@H](OC)C2)CC(=O)[C@H](C)/C=C(\C)[C@@H](O)[C@@H](OC)C(=O)[C@H](C)C[C@H](C)/C=C/C=CC=C1C. The van der Waals surface area contributed by atoms with E-state index in [1.165, 1.54) is 18.7 Å². The van der Waals surface area contributed by atoms with Gasteiger partial charge in [-0.1, -0.05) is 71.1 Å². The molecule has 4 aliphatic rings. The Labute approximate surface area is 445 Å². The summed E-state index contributed by atoms with van der Waals surface area (Å²) in [5, 5.41) is 32.5. The third kappa shape index (κ3) is 18.7. The van der Waals surface area contributed by atoms with Crippen molar-refractivity contribution >= 4 is 36.8 Å². The van der Waals surface area contributed by atoms with Gasteiger partial charge in [-0.2, -0.15) is 0 Å². The van der Waals surface area contributed by atoms with E-state index >= 15 is 0 Å². The number of carbonyl (C=O) groups excluding carboxylic acids is 5. The van der Waals surface area contributed by atoms with Gasteiger partial charge in [0.15, 0.2) is 5.78 Å². The minimum absolute atomic E-state index is 0.000234. The molecule has 3 unspecified atom stereocenters. The Morgan fingerprint density at radius 1 is 0.853 bits per heavy atom. The number of cyclic esters (lactones) is 1. The number of rotatable bonds is 14. The van der Waals surface area contributed by atoms with Crippen molar-refractivity contribution in [3.05, 3.63) is 47.6 Å². The number of hydrogen-bond acceptors (Lipinski definition) is 17. The first-order valence-electron chi connectivity index (χ1n) is 27.1. The molecular weight excluding hydrogens is 990 g/mol. The molecule has 1 aliphatic carbocycles. The second-order valence-electron chi connectivity index (χ2n) is 21.6. The van der Waals surface area contributed by atoms with Crippen LogP contribution in [-0.2, 0) is 66.0 Å². The third-order valence-corrected chi connectivity index (χ3v) is 16.9. The molecule has 19 heteroatoms. The van der Waals surface area contributed by atoms with Crippen molar-refractivity contribution in [2.75, 3.05) is 61.0 Å². The van der Waals surface area contributed by atoms with Crippen LogP contribution in [0.15, 0.2) is 47.6 Å². The lowest BCUT2D eigenvalue weighted by Gasteiger charge is -2.42. The Hall–Kier alpha value is -3.26. The fourth-order valence-electron chi connectivity index (χ4n) is 10.9. The van der Waals surface area contributed by atoms with E-state index in [0.717, 1.165) is 5.57 Å². The second-order valence-corrected chi connectivity index (χ2v) is 23.6. The number of amides is 1. The lowest BCUT2D eigenvalue weighted by atomic mass is 9.78. The monoisotopic (exact) mass is 1080 g/mol. The molecule has 426 valence electrons. The maximum absolute atomic E-state index is 14.6. The van der Waals surface area contributed by atoms with E-state index in [4.69, 9.17) is 42.6 Å². The minimum atomic E-state index is -3.51. The quantitative estimate of drug-likeness (QED) is 0.0519. The first-order chi connectivity index (χ1) is 35.5. The standard InChI is InChI=1S/C56H90NO17P/c1-35-17-13-12-14-18-36(2)47(67-8)33-43-22-20-41(7)56(65,73-43)53(62)54(63)57-24-16-15-19-44(57)55(64)72-48(34-45(59)37(3)30-40(6)51(61)52(69-10)50(60)39(5)29-35)38(4)31-42-21-23-46(49(32-42)68-9)74-75(11,66)71-28-27-70-26-25-58/h12-14,17-18,30,35,37-39,41-44,46-49,51-52,58,61,65H,15-16,19-29,31-34H2,1-11H3/b14-12?,17-13+,36-18?,40-30+/t35-,37-,38-,39-,41-,42?,43+,44+,46-,47+,48?,49-,51-,52+,56-,75?/m1/s1. The highest BCUT2D eigenvalue weighted by Crippen LogP contribution is 2.48. The predicted molar refractivity (Wildman–Crippen MR) is 281 cm³/mol. The van der Waals surface area contributed by atoms with Gasteiger partial charge in [-0.3, -0.25) is 23.7 Å².